The Bertz CT molecular complexity index is 143. The van der Waals surface area contributed by atoms with Crippen LogP contribution in [0.3, 0.4) is 0 Å². The van der Waals surface area contributed by atoms with Crippen molar-refractivity contribution in [3.05, 3.63) is 11.8 Å². The van der Waals surface area contributed by atoms with E-state index in [-0.39, 0.29) is 0 Å². The van der Waals surface area contributed by atoms with Gasteiger partial charge in [-0.3, -0.25) is 0 Å². The van der Waals surface area contributed by atoms with E-state index in [1.165, 1.54) is 25.0 Å². The molecule has 0 heterocycles. The third kappa shape index (κ3) is 3.77. The van der Waals surface area contributed by atoms with Gasteiger partial charge in [0.1, 0.15) is 0 Å². The van der Waals surface area contributed by atoms with Crippen LogP contribution in [0.15, 0.2) is 11.8 Å². The standard InChI is InChI=1S/C10H19NO/c11-8-4-5-9-12-10-6-2-1-3-7-10/h6H,1-5,7-9,11H2. The number of hydrogen-bond acceptors (Lipinski definition) is 2. The minimum Gasteiger partial charge on any atom is -0.498 e. The van der Waals surface area contributed by atoms with Crippen LogP contribution in [0.2, 0.25) is 0 Å². The van der Waals surface area contributed by atoms with Gasteiger partial charge in [-0.25, -0.2) is 0 Å². The molecule has 0 saturated heterocycles. The monoisotopic (exact) mass is 169 g/mol. The second-order valence-corrected chi connectivity index (χ2v) is 3.26. The molecular formula is C10H19NO. The molecule has 0 saturated carbocycles. The maximum Gasteiger partial charge on any atom is 0.0919 e. The molecule has 2 nitrogen and oxygen atoms in total. The second-order valence-electron chi connectivity index (χ2n) is 3.26. The molecule has 12 heavy (non-hydrogen) atoms. The van der Waals surface area contributed by atoms with Crippen LogP contribution in [0.4, 0.5) is 0 Å². The highest BCUT2D eigenvalue weighted by atomic mass is 16.5. The van der Waals surface area contributed by atoms with Gasteiger partial charge in [-0.1, -0.05) is 0 Å². The van der Waals surface area contributed by atoms with Gasteiger partial charge >= 0.3 is 0 Å². The first-order valence-electron chi connectivity index (χ1n) is 4.95. The summed E-state index contributed by atoms with van der Waals surface area (Å²) in [6, 6.07) is 0. The molecule has 1 aliphatic rings. The summed E-state index contributed by atoms with van der Waals surface area (Å²) in [7, 11) is 0. The van der Waals surface area contributed by atoms with Gasteiger partial charge in [0.15, 0.2) is 0 Å². The Labute approximate surface area is 74.8 Å². The number of allylic oxidation sites excluding steroid dienone is 2. The van der Waals surface area contributed by atoms with E-state index < -0.39 is 0 Å². The van der Waals surface area contributed by atoms with E-state index in [0.717, 1.165) is 32.4 Å². The lowest BCUT2D eigenvalue weighted by Gasteiger charge is -2.13. The van der Waals surface area contributed by atoms with Gasteiger partial charge in [-0.15, -0.1) is 0 Å². The van der Waals surface area contributed by atoms with Crippen LogP contribution < -0.4 is 5.73 Å². The van der Waals surface area contributed by atoms with Crippen molar-refractivity contribution in [2.24, 2.45) is 5.73 Å². The smallest absolute Gasteiger partial charge is 0.0919 e. The quantitative estimate of drug-likeness (QED) is 0.640. The van der Waals surface area contributed by atoms with Gasteiger partial charge in [-0.05, 0) is 44.7 Å². The Morgan fingerprint density at radius 1 is 1.33 bits per heavy atom. The van der Waals surface area contributed by atoms with Crippen molar-refractivity contribution < 1.29 is 4.74 Å². The zero-order valence-electron chi connectivity index (χ0n) is 7.72. The minimum atomic E-state index is 0.780. The number of unbranched alkanes of at least 4 members (excludes halogenated alkanes) is 1. The Balaban J connectivity index is 2.01. The fourth-order valence-electron chi connectivity index (χ4n) is 1.39. The second kappa shape index (κ2) is 6.06. The van der Waals surface area contributed by atoms with E-state index in [2.05, 4.69) is 6.08 Å². The predicted octanol–water partition coefficient (Wildman–Crippen LogP) is 2.20. The summed E-state index contributed by atoms with van der Waals surface area (Å²) in [5, 5.41) is 0. The van der Waals surface area contributed by atoms with E-state index in [0.29, 0.717) is 0 Å². The van der Waals surface area contributed by atoms with Gasteiger partial charge in [0.25, 0.3) is 0 Å². The molecule has 0 unspecified atom stereocenters. The Kier molecular flexibility index (Phi) is 4.85. The van der Waals surface area contributed by atoms with E-state index in [9.17, 15) is 0 Å². The van der Waals surface area contributed by atoms with Crippen molar-refractivity contribution in [1.29, 1.82) is 0 Å². The van der Waals surface area contributed by atoms with Gasteiger partial charge in [0.05, 0.1) is 12.4 Å². The molecule has 0 aromatic carbocycles. The number of rotatable bonds is 5. The molecule has 0 aromatic heterocycles. The first-order valence-corrected chi connectivity index (χ1v) is 4.95. The fourth-order valence-corrected chi connectivity index (χ4v) is 1.39. The topological polar surface area (TPSA) is 35.2 Å². The van der Waals surface area contributed by atoms with Crippen LogP contribution in [-0.4, -0.2) is 13.2 Å². The molecular weight excluding hydrogens is 150 g/mol. The summed E-state index contributed by atoms with van der Waals surface area (Å²) in [6.07, 6.45) is 9.36. The normalized spacial score (nSPS) is 17.2. The summed E-state index contributed by atoms with van der Waals surface area (Å²) < 4.78 is 5.59. The van der Waals surface area contributed by atoms with Crippen LogP contribution in [0.5, 0.6) is 0 Å². The predicted molar refractivity (Wildman–Crippen MR) is 50.8 cm³/mol. The van der Waals surface area contributed by atoms with Gasteiger partial charge in [-0.2, -0.15) is 0 Å². The van der Waals surface area contributed by atoms with Crippen LogP contribution in [-0.2, 0) is 4.74 Å². The van der Waals surface area contributed by atoms with Crippen molar-refractivity contribution in [3.8, 4) is 0 Å². The summed E-state index contributed by atoms with van der Waals surface area (Å²) in [4.78, 5) is 0. The van der Waals surface area contributed by atoms with Gasteiger partial charge in [0.2, 0.25) is 0 Å². The minimum absolute atomic E-state index is 0.780. The van der Waals surface area contributed by atoms with Crippen LogP contribution >= 0.6 is 0 Å². The van der Waals surface area contributed by atoms with E-state index in [4.69, 9.17) is 10.5 Å². The lowest BCUT2D eigenvalue weighted by atomic mass is 10.1. The Morgan fingerprint density at radius 3 is 2.92 bits per heavy atom. The molecule has 70 valence electrons. The zero-order valence-corrected chi connectivity index (χ0v) is 7.72. The number of nitrogens with two attached hydrogens (primary N) is 1. The molecule has 0 bridgehead atoms. The maximum atomic E-state index is 5.59. The lowest BCUT2D eigenvalue weighted by Crippen LogP contribution is -2.03. The Morgan fingerprint density at radius 2 is 2.25 bits per heavy atom. The van der Waals surface area contributed by atoms with Gasteiger partial charge < -0.3 is 10.5 Å². The third-order valence-electron chi connectivity index (χ3n) is 2.14. The van der Waals surface area contributed by atoms with Crippen LogP contribution in [0.1, 0.15) is 38.5 Å². The highest BCUT2D eigenvalue weighted by Gasteiger charge is 2.03. The van der Waals surface area contributed by atoms with Crippen molar-refractivity contribution in [1.82, 2.24) is 0 Å². The van der Waals surface area contributed by atoms with Crippen LogP contribution in [0, 0.1) is 0 Å². The molecule has 0 fully saturated rings. The average Bonchev–Trinajstić information content (AvgIpc) is 2.14. The van der Waals surface area contributed by atoms with Crippen LogP contribution in [0.25, 0.3) is 0 Å². The van der Waals surface area contributed by atoms with E-state index in [1.807, 2.05) is 0 Å². The first kappa shape index (κ1) is 9.59. The van der Waals surface area contributed by atoms with Crippen molar-refractivity contribution in [2.75, 3.05) is 13.2 Å². The molecule has 1 aliphatic carbocycles. The fraction of sp³-hybridized carbons (Fsp3) is 0.800. The summed E-state index contributed by atoms with van der Waals surface area (Å²) in [5.41, 5.74) is 5.38. The van der Waals surface area contributed by atoms with Crippen molar-refractivity contribution in [3.63, 3.8) is 0 Å². The van der Waals surface area contributed by atoms with E-state index >= 15 is 0 Å². The number of ether oxygens (including phenoxy) is 1. The lowest BCUT2D eigenvalue weighted by molar-refractivity contribution is 0.190. The van der Waals surface area contributed by atoms with Gasteiger partial charge in [0, 0.05) is 6.42 Å². The third-order valence-corrected chi connectivity index (χ3v) is 2.14. The van der Waals surface area contributed by atoms with Crippen molar-refractivity contribution in [2.45, 2.75) is 38.5 Å². The molecule has 2 heteroatoms. The maximum absolute atomic E-state index is 5.59. The van der Waals surface area contributed by atoms with E-state index in [1.54, 1.807) is 0 Å². The molecule has 1 rings (SSSR count). The summed E-state index contributed by atoms with van der Waals surface area (Å²) in [5.74, 6) is 1.21. The summed E-state index contributed by atoms with van der Waals surface area (Å²) in [6.45, 7) is 1.63. The molecule has 0 aromatic rings. The highest BCUT2D eigenvalue weighted by Crippen LogP contribution is 2.18. The zero-order chi connectivity index (χ0) is 8.65. The molecule has 0 aliphatic heterocycles. The molecule has 0 spiro atoms. The summed E-state index contributed by atoms with van der Waals surface area (Å²) >= 11 is 0. The SMILES string of the molecule is NCCCCOC1=CCCCC1. The number of hydrogen-bond donors (Lipinski definition) is 1. The largest absolute Gasteiger partial charge is 0.498 e. The Hall–Kier alpha value is -0.500. The van der Waals surface area contributed by atoms with Crippen molar-refractivity contribution >= 4 is 0 Å². The first-order chi connectivity index (χ1) is 5.93. The average molecular weight is 169 g/mol. The highest BCUT2D eigenvalue weighted by molar-refractivity contribution is 4.96. The molecule has 0 amide bonds. The molecule has 2 N–H and O–H groups in total. The molecule has 0 atom stereocenters. The molecule has 0 radical (unpaired) electrons.